The zero-order valence-electron chi connectivity index (χ0n) is 40.6. The molecule has 1 unspecified atom stereocenters. The number of alkyl halides is 3. The van der Waals surface area contributed by atoms with Gasteiger partial charge in [0.15, 0.2) is 5.82 Å². The van der Waals surface area contributed by atoms with Crippen molar-refractivity contribution in [1.29, 1.82) is 5.26 Å². The molecule has 1 saturated heterocycles. The number of unbranched alkanes of at least 4 members (excludes halogenated alkanes) is 1. The summed E-state index contributed by atoms with van der Waals surface area (Å²) in [6.45, 7) is 8.26. The number of benzene rings is 3. The highest BCUT2D eigenvalue weighted by Crippen LogP contribution is 2.51. The standard InChI is InChI=1S/C51H60F3N8O7P/c1-35(2)62(36(3)4)70(67-29-15-27-55)69-43-30-45(61-31-37(16-11-10-14-28-56-49(63)51(52,53)54)46-47(59-34-60(5)6)57-33-58-48(46)61)68-44(43)32-66-50(38-17-12-9-13-18-38,39-19-23-41(64-7)24-20-39)40-21-25-42(65-8)26-22-40/h9,12-13,17-26,31,33-36,43-45H,10,14-15,28-30,32H2,1-8H3,(H,56,63)/b59-34+/t43-,44+,45+,70?/m0/s1. The second-order valence-corrected chi connectivity index (χ2v) is 18.5. The van der Waals surface area contributed by atoms with Gasteiger partial charge < -0.3 is 42.8 Å². The number of hydrogen-bond acceptors (Lipinski definition) is 12. The van der Waals surface area contributed by atoms with E-state index in [9.17, 15) is 23.2 Å². The summed E-state index contributed by atoms with van der Waals surface area (Å²) in [6, 6.07) is 27.7. The van der Waals surface area contributed by atoms with Gasteiger partial charge in [-0.05, 0) is 75.1 Å². The van der Waals surface area contributed by atoms with Gasteiger partial charge in [-0.15, -0.1) is 0 Å². The third kappa shape index (κ3) is 13.0. The zero-order chi connectivity index (χ0) is 50.4. The minimum absolute atomic E-state index is 0.0168. The first kappa shape index (κ1) is 53.2. The Morgan fingerprint density at radius 1 is 0.957 bits per heavy atom. The molecule has 3 heterocycles. The van der Waals surface area contributed by atoms with Gasteiger partial charge in [-0.25, -0.2) is 19.6 Å². The number of nitriles is 1. The van der Waals surface area contributed by atoms with Crippen LogP contribution < -0.4 is 14.8 Å². The molecule has 2 aromatic heterocycles. The number of aromatic nitrogens is 3. The van der Waals surface area contributed by atoms with Crippen LogP contribution in [0.15, 0.2) is 96.4 Å². The Bertz CT molecular complexity index is 2560. The molecular formula is C51H60F3N8O7P. The van der Waals surface area contributed by atoms with Crippen LogP contribution in [0.1, 0.15) is 81.9 Å². The highest BCUT2D eigenvalue weighted by molar-refractivity contribution is 7.44. The first-order valence-corrected chi connectivity index (χ1v) is 24.0. The van der Waals surface area contributed by atoms with Gasteiger partial charge in [0.05, 0.1) is 63.3 Å². The van der Waals surface area contributed by atoms with Gasteiger partial charge in [0.2, 0.25) is 0 Å². The second kappa shape index (κ2) is 24.6. The summed E-state index contributed by atoms with van der Waals surface area (Å²) in [7, 11) is 5.15. The van der Waals surface area contributed by atoms with Gasteiger partial charge in [-0.1, -0.05) is 66.4 Å². The Balaban J connectivity index is 1.45. The van der Waals surface area contributed by atoms with Crippen molar-refractivity contribution in [3.63, 3.8) is 0 Å². The topological polar surface area (TPSA) is 158 Å². The lowest BCUT2D eigenvalue weighted by Crippen LogP contribution is -2.39. The summed E-state index contributed by atoms with van der Waals surface area (Å²) in [6.07, 6.45) is -1.36. The number of ether oxygens (including phenoxy) is 4. The maximum absolute atomic E-state index is 12.8. The van der Waals surface area contributed by atoms with Crippen LogP contribution in [0, 0.1) is 23.2 Å². The fraction of sp³-hybridized carbons (Fsp3) is 0.431. The number of nitrogens with one attached hydrogen (secondary N) is 1. The van der Waals surface area contributed by atoms with Crippen molar-refractivity contribution in [1.82, 2.24) is 29.4 Å². The fourth-order valence-corrected chi connectivity index (χ4v) is 9.87. The first-order chi connectivity index (χ1) is 33.6. The molecule has 0 radical (unpaired) electrons. The number of carbonyl (C=O) groups is 1. The van der Waals surface area contributed by atoms with Crippen molar-refractivity contribution >= 4 is 37.6 Å². The number of methoxy groups -OCH3 is 2. The third-order valence-corrected chi connectivity index (χ3v) is 13.4. The Morgan fingerprint density at radius 3 is 2.16 bits per heavy atom. The highest BCUT2D eigenvalue weighted by Gasteiger charge is 2.45. The Hall–Kier alpha value is -6.11. The van der Waals surface area contributed by atoms with Gasteiger partial charge in [-0.3, -0.25) is 4.79 Å². The van der Waals surface area contributed by atoms with Crippen LogP contribution in [-0.4, -0.2) is 115 Å². The minimum Gasteiger partial charge on any atom is -0.497 e. The van der Waals surface area contributed by atoms with E-state index in [1.54, 1.807) is 31.7 Å². The van der Waals surface area contributed by atoms with Crippen molar-refractivity contribution in [3.8, 4) is 29.4 Å². The summed E-state index contributed by atoms with van der Waals surface area (Å²) < 4.78 is 81.6. The monoisotopic (exact) mass is 984 g/mol. The average Bonchev–Trinajstić information content (AvgIpc) is 3.93. The van der Waals surface area contributed by atoms with Crippen LogP contribution >= 0.6 is 8.53 Å². The number of rotatable bonds is 22. The van der Waals surface area contributed by atoms with Gasteiger partial charge in [0.25, 0.3) is 8.53 Å². The van der Waals surface area contributed by atoms with Crippen LogP contribution in [0.5, 0.6) is 11.5 Å². The number of nitrogens with zero attached hydrogens (tertiary/aromatic N) is 7. The van der Waals surface area contributed by atoms with E-state index in [4.69, 9.17) is 33.0 Å². The molecule has 0 bridgehead atoms. The van der Waals surface area contributed by atoms with E-state index in [0.29, 0.717) is 40.3 Å². The molecular weight excluding hydrogens is 925 g/mol. The molecule has 70 heavy (non-hydrogen) atoms. The maximum Gasteiger partial charge on any atom is 0.471 e. The molecule has 1 fully saturated rings. The van der Waals surface area contributed by atoms with E-state index in [1.165, 1.54) is 6.33 Å². The van der Waals surface area contributed by atoms with Crippen molar-refractivity contribution < 1.29 is 46.0 Å². The lowest BCUT2D eigenvalue weighted by atomic mass is 9.80. The van der Waals surface area contributed by atoms with E-state index in [2.05, 4.69) is 60.3 Å². The lowest BCUT2D eigenvalue weighted by molar-refractivity contribution is -0.173. The third-order valence-electron chi connectivity index (χ3n) is 11.3. The van der Waals surface area contributed by atoms with Crippen molar-refractivity contribution in [2.45, 2.75) is 95.7 Å². The molecule has 0 spiro atoms. The quantitative estimate of drug-likeness (QED) is 0.0175. The Labute approximate surface area is 408 Å². The van der Waals surface area contributed by atoms with Gasteiger partial charge >= 0.3 is 12.1 Å². The van der Waals surface area contributed by atoms with Crippen LogP contribution in [0.2, 0.25) is 0 Å². The predicted molar refractivity (Wildman–Crippen MR) is 261 cm³/mol. The van der Waals surface area contributed by atoms with Crippen molar-refractivity contribution in [2.75, 3.05) is 48.1 Å². The molecule has 5 aromatic rings. The van der Waals surface area contributed by atoms with Crippen molar-refractivity contribution in [3.05, 3.63) is 114 Å². The molecule has 0 saturated carbocycles. The van der Waals surface area contributed by atoms with E-state index < -0.39 is 44.6 Å². The van der Waals surface area contributed by atoms with Gasteiger partial charge in [0.1, 0.15) is 41.4 Å². The number of amides is 1. The number of hydrogen-bond donors (Lipinski definition) is 1. The lowest BCUT2D eigenvalue weighted by Gasteiger charge is -2.39. The molecule has 372 valence electrons. The van der Waals surface area contributed by atoms with E-state index in [0.717, 1.165) is 16.7 Å². The largest absolute Gasteiger partial charge is 0.497 e. The fourth-order valence-electron chi connectivity index (χ4n) is 8.11. The summed E-state index contributed by atoms with van der Waals surface area (Å²) in [5, 5.41) is 11.9. The molecule has 1 N–H and O–H groups in total. The maximum atomic E-state index is 12.8. The molecule has 1 aliphatic heterocycles. The number of aliphatic imine (C=N–C) groups is 1. The highest BCUT2D eigenvalue weighted by atomic mass is 31.2. The predicted octanol–water partition coefficient (Wildman–Crippen LogP) is 9.44. The van der Waals surface area contributed by atoms with Gasteiger partial charge in [-0.2, -0.15) is 18.4 Å². The smallest absolute Gasteiger partial charge is 0.471 e. The summed E-state index contributed by atoms with van der Waals surface area (Å²) in [5.41, 5.74) is 2.31. The van der Waals surface area contributed by atoms with E-state index >= 15 is 0 Å². The van der Waals surface area contributed by atoms with E-state index in [-0.39, 0.29) is 51.1 Å². The normalized spacial score (nSPS) is 16.7. The summed E-state index contributed by atoms with van der Waals surface area (Å²) in [4.78, 5) is 27.0. The SMILES string of the molecule is COc1ccc(C(OC[C@H]2O[C@@H](n3cc(C#CCCCNC(=O)C(F)(F)F)c4c(/N=C/N(C)C)ncnc43)C[C@@H]2OP(OCCC#N)N(C(C)C)C(C)C)(c2ccccc2)c2ccc(OC)cc2)cc1. The summed E-state index contributed by atoms with van der Waals surface area (Å²) >= 11 is 0. The first-order valence-electron chi connectivity index (χ1n) is 22.9. The van der Waals surface area contributed by atoms with E-state index in [1.807, 2.05) is 103 Å². The minimum atomic E-state index is -4.97. The Morgan fingerprint density at radius 2 is 1.59 bits per heavy atom. The van der Waals surface area contributed by atoms with Crippen LogP contribution in [0.4, 0.5) is 19.0 Å². The number of carbonyl (C=O) groups excluding carboxylic acids is 1. The van der Waals surface area contributed by atoms with Crippen LogP contribution in [0.3, 0.4) is 0 Å². The Kier molecular flexibility index (Phi) is 18.7. The summed E-state index contributed by atoms with van der Waals surface area (Å²) in [5.74, 6) is 5.91. The molecule has 1 aliphatic rings. The van der Waals surface area contributed by atoms with Gasteiger partial charge in [0, 0.05) is 51.8 Å². The molecule has 0 aliphatic carbocycles. The molecule has 15 nitrogen and oxygen atoms in total. The van der Waals surface area contributed by atoms with Crippen molar-refractivity contribution in [2.24, 2.45) is 4.99 Å². The second-order valence-electron chi connectivity index (χ2n) is 17.1. The average molecular weight is 985 g/mol. The number of halogens is 3. The zero-order valence-corrected chi connectivity index (χ0v) is 41.5. The van der Waals surface area contributed by atoms with Crippen LogP contribution in [0.25, 0.3) is 11.0 Å². The molecule has 19 heteroatoms. The molecule has 6 rings (SSSR count). The number of fused-ring (bicyclic) bond motifs is 1. The molecule has 3 aromatic carbocycles. The van der Waals surface area contributed by atoms with Crippen LogP contribution in [-0.2, 0) is 28.9 Å². The molecule has 4 atom stereocenters. The molecule has 1 amide bonds.